The summed E-state index contributed by atoms with van der Waals surface area (Å²) < 4.78 is 23.5. The van der Waals surface area contributed by atoms with Gasteiger partial charge in [-0.25, -0.2) is 8.42 Å². The molecule has 9 heteroatoms. The third-order valence-corrected chi connectivity index (χ3v) is 6.11. The van der Waals surface area contributed by atoms with E-state index in [4.69, 9.17) is 58.0 Å². The van der Waals surface area contributed by atoms with Gasteiger partial charge in [0.1, 0.15) is 5.60 Å². The summed E-state index contributed by atoms with van der Waals surface area (Å²) in [5, 5.41) is 11.6. The van der Waals surface area contributed by atoms with E-state index in [2.05, 4.69) is 0 Å². The zero-order valence-corrected chi connectivity index (χ0v) is 17.9. The molecule has 2 rings (SSSR count). The molecule has 0 saturated carbocycles. The molecule has 1 unspecified atom stereocenters. The van der Waals surface area contributed by atoms with Gasteiger partial charge in [-0.3, -0.25) is 0 Å². The minimum Gasteiger partial charge on any atom is -0.384 e. The van der Waals surface area contributed by atoms with Crippen LogP contribution in [0.4, 0.5) is 0 Å². The number of hydrogen-bond acceptors (Lipinski definition) is 3. The van der Waals surface area contributed by atoms with Crippen molar-refractivity contribution >= 4 is 67.8 Å². The van der Waals surface area contributed by atoms with Crippen LogP contribution in [0.3, 0.4) is 0 Å². The van der Waals surface area contributed by atoms with Crippen LogP contribution < -0.4 is 0 Å². The van der Waals surface area contributed by atoms with Gasteiger partial charge in [0.05, 0.1) is 11.5 Å². The van der Waals surface area contributed by atoms with Crippen LogP contribution in [0.2, 0.25) is 10.0 Å². The summed E-state index contributed by atoms with van der Waals surface area (Å²) >= 11 is 29.5. The van der Waals surface area contributed by atoms with Gasteiger partial charge in [0, 0.05) is 16.5 Å². The normalized spacial score (nSPS) is 14.8. The molecule has 0 saturated heterocycles. The van der Waals surface area contributed by atoms with E-state index in [1.54, 1.807) is 30.3 Å². The van der Waals surface area contributed by atoms with E-state index in [9.17, 15) is 13.5 Å². The molecular weight excluding hydrogens is 462 g/mol. The third-order valence-electron chi connectivity index (χ3n) is 3.58. The van der Waals surface area contributed by atoms with Crippen molar-refractivity contribution in [2.24, 2.45) is 0 Å². The van der Waals surface area contributed by atoms with Crippen LogP contribution in [-0.4, -0.2) is 23.1 Å². The summed E-state index contributed by atoms with van der Waals surface area (Å²) in [6.07, 6.45) is -0.449. The van der Waals surface area contributed by atoms with Gasteiger partial charge >= 0.3 is 0 Å². The predicted octanol–water partition coefficient (Wildman–Crippen LogP) is 5.56. The summed E-state index contributed by atoms with van der Waals surface area (Å²) in [5.41, 5.74) is -1.22. The predicted molar refractivity (Wildman–Crippen MR) is 109 cm³/mol. The first-order chi connectivity index (χ1) is 11.9. The molecule has 1 N–H and O–H groups in total. The van der Waals surface area contributed by atoms with E-state index in [0.29, 0.717) is 5.56 Å². The Labute approximate surface area is 177 Å². The highest BCUT2D eigenvalue weighted by molar-refractivity contribution is 7.90. The van der Waals surface area contributed by atoms with E-state index >= 15 is 0 Å². The second-order valence-corrected chi connectivity index (χ2v) is 11.5. The maximum atomic E-state index is 12.7. The van der Waals surface area contributed by atoms with E-state index in [1.165, 1.54) is 18.2 Å². The molecular formula is C17H15Cl5O3S. The lowest BCUT2D eigenvalue weighted by molar-refractivity contribution is 0.0525. The molecule has 0 bridgehead atoms. The van der Waals surface area contributed by atoms with E-state index in [0.717, 1.165) is 0 Å². The number of benzene rings is 2. The number of aliphatic hydroxyl groups is 1. The largest absolute Gasteiger partial charge is 0.384 e. The number of rotatable bonds is 6. The molecule has 3 nitrogen and oxygen atoms in total. The fourth-order valence-corrected chi connectivity index (χ4v) is 5.62. The topological polar surface area (TPSA) is 54.4 Å². The fourth-order valence-electron chi connectivity index (χ4n) is 2.63. The van der Waals surface area contributed by atoms with Crippen molar-refractivity contribution in [1.82, 2.24) is 0 Å². The number of hydrogen-bond donors (Lipinski definition) is 1. The minimum atomic E-state index is -3.75. The second kappa shape index (κ2) is 8.44. The van der Waals surface area contributed by atoms with Crippen molar-refractivity contribution in [2.75, 3.05) is 5.75 Å². The summed E-state index contributed by atoms with van der Waals surface area (Å²) in [6.45, 7) is 0. The van der Waals surface area contributed by atoms with Gasteiger partial charge in [-0.05, 0) is 29.3 Å². The molecule has 2 aromatic rings. The Morgan fingerprint density at radius 1 is 0.923 bits per heavy atom. The molecule has 26 heavy (non-hydrogen) atoms. The highest BCUT2D eigenvalue weighted by atomic mass is 35.6. The fraction of sp³-hybridized carbons (Fsp3) is 0.294. The molecule has 1 atom stereocenters. The Morgan fingerprint density at radius 3 is 1.96 bits per heavy atom. The molecule has 0 heterocycles. The molecule has 142 valence electrons. The molecule has 0 radical (unpaired) electrons. The smallest absolute Gasteiger partial charge is 0.193 e. The van der Waals surface area contributed by atoms with Gasteiger partial charge in [-0.2, -0.15) is 0 Å². The van der Waals surface area contributed by atoms with E-state index in [-0.39, 0.29) is 21.4 Å². The number of sulfone groups is 1. The lowest BCUT2D eigenvalue weighted by Gasteiger charge is -2.31. The molecule has 0 fully saturated rings. The van der Waals surface area contributed by atoms with Crippen LogP contribution in [0.1, 0.15) is 17.5 Å². The first-order valence-electron chi connectivity index (χ1n) is 7.39. The van der Waals surface area contributed by atoms with E-state index < -0.39 is 31.4 Å². The van der Waals surface area contributed by atoms with Gasteiger partial charge in [0.25, 0.3) is 0 Å². The van der Waals surface area contributed by atoms with Crippen molar-refractivity contribution < 1.29 is 13.5 Å². The molecule has 0 aromatic heterocycles. The average molecular weight is 477 g/mol. The Kier molecular flexibility index (Phi) is 7.17. The van der Waals surface area contributed by atoms with Crippen molar-refractivity contribution in [1.29, 1.82) is 0 Å². The van der Waals surface area contributed by atoms with Gasteiger partial charge in [-0.1, -0.05) is 88.3 Å². The van der Waals surface area contributed by atoms with Gasteiger partial charge in [0.15, 0.2) is 13.6 Å². The first-order valence-corrected chi connectivity index (χ1v) is 11.1. The van der Waals surface area contributed by atoms with Crippen LogP contribution in [0.25, 0.3) is 0 Å². The molecule has 0 amide bonds. The van der Waals surface area contributed by atoms with Crippen molar-refractivity contribution in [2.45, 2.75) is 21.6 Å². The average Bonchev–Trinajstić information content (AvgIpc) is 2.43. The van der Waals surface area contributed by atoms with Crippen molar-refractivity contribution in [3.05, 3.63) is 69.7 Å². The monoisotopic (exact) mass is 474 g/mol. The van der Waals surface area contributed by atoms with Gasteiger partial charge < -0.3 is 5.11 Å². The number of alkyl halides is 3. The maximum Gasteiger partial charge on any atom is 0.193 e. The highest BCUT2D eigenvalue weighted by Gasteiger charge is 2.42. The van der Waals surface area contributed by atoms with Gasteiger partial charge in [0.2, 0.25) is 0 Å². The van der Waals surface area contributed by atoms with Crippen molar-refractivity contribution in [3.8, 4) is 0 Å². The van der Waals surface area contributed by atoms with Crippen LogP contribution in [-0.2, 0) is 21.2 Å². The SMILES string of the molecule is O=S(=O)(Cc1ccccc1)CC(O)(CC(Cl)(Cl)Cl)c1cc(Cl)cc(Cl)c1. The molecule has 0 aliphatic rings. The Bertz CT molecular complexity index is 845. The van der Waals surface area contributed by atoms with E-state index in [1.807, 2.05) is 0 Å². The number of halogens is 5. The Hall–Kier alpha value is -0.200. The van der Waals surface area contributed by atoms with Crippen LogP contribution in [0, 0.1) is 0 Å². The highest BCUT2D eigenvalue weighted by Crippen LogP contribution is 2.42. The minimum absolute atomic E-state index is 0.165. The standard InChI is InChI=1S/C17H15Cl5O3S/c18-14-6-13(7-15(19)8-14)16(23,10-17(20,21)22)11-26(24,25)9-12-4-2-1-3-5-12/h1-8,23H,9-11H2. The zero-order chi connectivity index (χ0) is 19.6. The zero-order valence-electron chi connectivity index (χ0n) is 13.3. The Morgan fingerprint density at radius 2 is 1.46 bits per heavy atom. The molecule has 2 aromatic carbocycles. The van der Waals surface area contributed by atoms with Crippen LogP contribution in [0.15, 0.2) is 48.5 Å². The molecule has 0 aliphatic carbocycles. The maximum absolute atomic E-state index is 12.7. The summed E-state index contributed by atoms with van der Waals surface area (Å²) in [7, 11) is -3.75. The molecule has 0 spiro atoms. The second-order valence-electron chi connectivity index (χ2n) is 6.00. The lowest BCUT2D eigenvalue weighted by atomic mass is 9.93. The first kappa shape index (κ1) is 22.1. The quantitative estimate of drug-likeness (QED) is 0.556. The summed E-state index contributed by atoms with van der Waals surface area (Å²) in [6, 6.07) is 12.9. The van der Waals surface area contributed by atoms with Crippen LogP contribution >= 0.6 is 58.0 Å². The van der Waals surface area contributed by atoms with Gasteiger partial charge in [-0.15, -0.1) is 0 Å². The molecule has 0 aliphatic heterocycles. The Balaban J connectivity index is 2.41. The summed E-state index contributed by atoms with van der Waals surface area (Å²) in [4.78, 5) is 0. The third kappa shape index (κ3) is 6.75. The van der Waals surface area contributed by atoms with Crippen molar-refractivity contribution in [3.63, 3.8) is 0 Å². The summed E-state index contributed by atoms with van der Waals surface area (Å²) in [5.74, 6) is -0.913. The van der Waals surface area contributed by atoms with Crippen LogP contribution in [0.5, 0.6) is 0 Å². The lowest BCUT2D eigenvalue weighted by Crippen LogP contribution is -2.38.